The molecular formula is C23H17N3O3S. The van der Waals surface area contributed by atoms with Gasteiger partial charge in [-0.2, -0.15) is 0 Å². The van der Waals surface area contributed by atoms with Gasteiger partial charge in [0.25, 0.3) is 5.91 Å². The molecule has 1 heterocycles. The first-order valence-corrected chi connectivity index (χ1v) is 9.99. The van der Waals surface area contributed by atoms with Crippen LogP contribution in [0.3, 0.4) is 0 Å². The van der Waals surface area contributed by atoms with Crippen molar-refractivity contribution in [3.63, 3.8) is 0 Å². The Morgan fingerprint density at radius 1 is 0.800 bits per heavy atom. The molecule has 0 radical (unpaired) electrons. The lowest BCUT2D eigenvalue weighted by Crippen LogP contribution is -2.11. The van der Waals surface area contributed by atoms with E-state index in [1.807, 2.05) is 47.8 Å². The third-order valence-corrected chi connectivity index (χ3v) is 5.12. The molecule has 148 valence electrons. The highest BCUT2D eigenvalue weighted by Gasteiger charge is 2.08. The molecule has 0 spiro atoms. The normalized spacial score (nSPS) is 10.4. The summed E-state index contributed by atoms with van der Waals surface area (Å²) in [5.74, 6) is -1.11. The fraction of sp³-hybridized carbons (Fsp3) is 0. The molecule has 0 aliphatic carbocycles. The first kappa shape index (κ1) is 19.4. The number of aromatic carboxylic acids is 1. The van der Waals surface area contributed by atoms with Gasteiger partial charge in [0.15, 0.2) is 5.13 Å². The van der Waals surface area contributed by atoms with Crippen molar-refractivity contribution >= 4 is 39.7 Å². The van der Waals surface area contributed by atoms with Gasteiger partial charge in [-0.25, -0.2) is 9.78 Å². The van der Waals surface area contributed by atoms with Crippen molar-refractivity contribution in [1.29, 1.82) is 0 Å². The highest BCUT2D eigenvalue weighted by atomic mass is 32.1. The summed E-state index contributed by atoms with van der Waals surface area (Å²) < 4.78 is 0. The van der Waals surface area contributed by atoms with Gasteiger partial charge in [0, 0.05) is 27.9 Å². The van der Waals surface area contributed by atoms with E-state index in [-0.39, 0.29) is 11.5 Å². The standard InChI is InChI=1S/C23H17N3O3S/c27-21(16-4-2-1-3-5-16)24-18-10-6-15(7-11-18)20-14-30-23(26-20)25-19-12-8-17(9-13-19)22(28)29/h1-14H,(H,24,27)(H,25,26)(H,28,29). The molecule has 3 aromatic carbocycles. The minimum atomic E-state index is -0.957. The summed E-state index contributed by atoms with van der Waals surface area (Å²) in [4.78, 5) is 27.7. The van der Waals surface area contributed by atoms with E-state index in [2.05, 4.69) is 15.6 Å². The number of amides is 1. The number of carboxylic acid groups (broad SMARTS) is 1. The number of hydrogen-bond acceptors (Lipinski definition) is 5. The molecule has 0 aliphatic heterocycles. The molecule has 1 amide bonds. The molecule has 0 bridgehead atoms. The van der Waals surface area contributed by atoms with Crippen LogP contribution < -0.4 is 10.6 Å². The predicted molar refractivity (Wildman–Crippen MR) is 119 cm³/mol. The molecule has 0 saturated carbocycles. The lowest BCUT2D eigenvalue weighted by molar-refractivity contribution is 0.0696. The first-order valence-electron chi connectivity index (χ1n) is 9.11. The Labute approximate surface area is 176 Å². The van der Waals surface area contributed by atoms with Crippen molar-refractivity contribution < 1.29 is 14.7 Å². The zero-order valence-electron chi connectivity index (χ0n) is 15.7. The summed E-state index contributed by atoms with van der Waals surface area (Å²) in [6.45, 7) is 0. The third-order valence-electron chi connectivity index (χ3n) is 4.36. The Morgan fingerprint density at radius 3 is 2.13 bits per heavy atom. The Morgan fingerprint density at radius 2 is 1.47 bits per heavy atom. The molecule has 0 fully saturated rings. The van der Waals surface area contributed by atoms with Crippen molar-refractivity contribution in [2.75, 3.05) is 10.6 Å². The topological polar surface area (TPSA) is 91.3 Å². The fourth-order valence-electron chi connectivity index (χ4n) is 2.80. The van der Waals surface area contributed by atoms with E-state index in [0.717, 1.165) is 16.9 Å². The molecule has 3 N–H and O–H groups in total. The smallest absolute Gasteiger partial charge is 0.335 e. The summed E-state index contributed by atoms with van der Waals surface area (Å²) in [5, 5.41) is 17.7. The summed E-state index contributed by atoms with van der Waals surface area (Å²) in [7, 11) is 0. The molecular weight excluding hydrogens is 398 g/mol. The highest BCUT2D eigenvalue weighted by molar-refractivity contribution is 7.14. The van der Waals surface area contributed by atoms with Gasteiger partial charge >= 0.3 is 5.97 Å². The van der Waals surface area contributed by atoms with Gasteiger partial charge in [-0.05, 0) is 48.5 Å². The Balaban J connectivity index is 1.42. The van der Waals surface area contributed by atoms with Crippen molar-refractivity contribution in [3.05, 3.63) is 95.4 Å². The summed E-state index contributed by atoms with van der Waals surface area (Å²) in [5.41, 5.74) is 4.05. The fourth-order valence-corrected chi connectivity index (χ4v) is 3.54. The Hall–Kier alpha value is -3.97. The van der Waals surface area contributed by atoms with Crippen LogP contribution in [-0.2, 0) is 0 Å². The van der Waals surface area contributed by atoms with E-state index in [0.29, 0.717) is 16.4 Å². The van der Waals surface area contributed by atoms with E-state index in [9.17, 15) is 9.59 Å². The molecule has 6 nitrogen and oxygen atoms in total. The van der Waals surface area contributed by atoms with E-state index in [4.69, 9.17) is 5.11 Å². The molecule has 1 aromatic heterocycles. The van der Waals surface area contributed by atoms with Crippen LogP contribution in [-0.4, -0.2) is 22.0 Å². The van der Waals surface area contributed by atoms with Crippen molar-refractivity contribution in [2.45, 2.75) is 0 Å². The zero-order chi connectivity index (χ0) is 20.9. The van der Waals surface area contributed by atoms with Gasteiger partial charge < -0.3 is 15.7 Å². The van der Waals surface area contributed by atoms with Crippen LogP contribution in [0.2, 0.25) is 0 Å². The van der Waals surface area contributed by atoms with Crippen molar-refractivity contribution in [3.8, 4) is 11.3 Å². The molecule has 0 unspecified atom stereocenters. The van der Waals surface area contributed by atoms with E-state index in [1.165, 1.54) is 11.3 Å². The third kappa shape index (κ3) is 4.53. The molecule has 0 saturated heterocycles. The van der Waals surface area contributed by atoms with Crippen LogP contribution >= 0.6 is 11.3 Å². The second-order valence-electron chi connectivity index (χ2n) is 6.44. The Bertz CT molecular complexity index is 1170. The van der Waals surface area contributed by atoms with Gasteiger partial charge in [-0.1, -0.05) is 30.3 Å². The molecule has 0 atom stereocenters. The van der Waals surface area contributed by atoms with E-state index < -0.39 is 5.97 Å². The number of aromatic nitrogens is 1. The van der Waals surface area contributed by atoms with Crippen LogP contribution in [0.15, 0.2) is 84.2 Å². The number of carbonyl (C=O) groups is 2. The number of benzene rings is 3. The predicted octanol–water partition coefficient (Wildman–Crippen LogP) is 5.50. The number of hydrogen-bond donors (Lipinski definition) is 3. The summed E-state index contributed by atoms with van der Waals surface area (Å²) in [6.07, 6.45) is 0. The van der Waals surface area contributed by atoms with Gasteiger partial charge in [0.1, 0.15) is 0 Å². The van der Waals surface area contributed by atoms with Crippen LogP contribution in [0.25, 0.3) is 11.3 Å². The largest absolute Gasteiger partial charge is 0.478 e. The monoisotopic (exact) mass is 415 g/mol. The quantitative estimate of drug-likeness (QED) is 0.387. The maximum atomic E-state index is 12.2. The van der Waals surface area contributed by atoms with Crippen LogP contribution in [0.4, 0.5) is 16.5 Å². The second kappa shape index (κ2) is 8.59. The van der Waals surface area contributed by atoms with Gasteiger partial charge in [-0.15, -0.1) is 11.3 Å². The molecule has 4 rings (SSSR count). The van der Waals surface area contributed by atoms with Crippen molar-refractivity contribution in [1.82, 2.24) is 4.98 Å². The van der Waals surface area contributed by atoms with E-state index >= 15 is 0 Å². The average molecular weight is 415 g/mol. The van der Waals surface area contributed by atoms with Gasteiger partial charge in [-0.3, -0.25) is 4.79 Å². The average Bonchev–Trinajstić information content (AvgIpc) is 3.23. The summed E-state index contributed by atoms with van der Waals surface area (Å²) in [6, 6.07) is 23.0. The lowest BCUT2D eigenvalue weighted by atomic mass is 10.1. The second-order valence-corrected chi connectivity index (χ2v) is 7.30. The van der Waals surface area contributed by atoms with Gasteiger partial charge in [0.2, 0.25) is 0 Å². The molecule has 4 aromatic rings. The van der Waals surface area contributed by atoms with Crippen LogP contribution in [0, 0.1) is 0 Å². The first-order chi connectivity index (χ1) is 14.6. The maximum absolute atomic E-state index is 12.2. The highest BCUT2D eigenvalue weighted by Crippen LogP contribution is 2.28. The number of carbonyl (C=O) groups excluding carboxylic acids is 1. The minimum absolute atomic E-state index is 0.155. The molecule has 0 aliphatic rings. The molecule has 30 heavy (non-hydrogen) atoms. The number of carboxylic acids is 1. The molecule has 7 heteroatoms. The number of thiazole rings is 1. The van der Waals surface area contributed by atoms with Crippen LogP contribution in [0.5, 0.6) is 0 Å². The number of nitrogens with one attached hydrogen (secondary N) is 2. The Kier molecular flexibility index (Phi) is 5.54. The zero-order valence-corrected chi connectivity index (χ0v) is 16.5. The van der Waals surface area contributed by atoms with Crippen molar-refractivity contribution in [2.24, 2.45) is 0 Å². The summed E-state index contributed by atoms with van der Waals surface area (Å²) >= 11 is 1.45. The van der Waals surface area contributed by atoms with E-state index in [1.54, 1.807) is 36.4 Å². The number of nitrogens with zero attached hydrogens (tertiary/aromatic N) is 1. The maximum Gasteiger partial charge on any atom is 0.335 e. The number of anilines is 3. The number of rotatable bonds is 6. The van der Waals surface area contributed by atoms with Crippen LogP contribution in [0.1, 0.15) is 20.7 Å². The van der Waals surface area contributed by atoms with Gasteiger partial charge in [0.05, 0.1) is 11.3 Å². The SMILES string of the molecule is O=C(O)c1ccc(Nc2nc(-c3ccc(NC(=O)c4ccccc4)cc3)cs2)cc1. The lowest BCUT2D eigenvalue weighted by Gasteiger charge is -2.06. The minimum Gasteiger partial charge on any atom is -0.478 e.